The van der Waals surface area contributed by atoms with Gasteiger partial charge in [-0.1, -0.05) is 13.3 Å². The van der Waals surface area contributed by atoms with E-state index in [2.05, 4.69) is 17.2 Å². The average Bonchev–Trinajstić information content (AvgIpc) is 3.22. The van der Waals surface area contributed by atoms with E-state index in [1.54, 1.807) is 0 Å². The lowest BCUT2D eigenvalue weighted by Crippen LogP contribution is -2.64. The maximum atomic E-state index is 13.2. The molecule has 1 aromatic rings. The van der Waals surface area contributed by atoms with Gasteiger partial charge < -0.3 is 5.32 Å². The number of pyridine rings is 1. The molecule has 1 saturated carbocycles. The third-order valence-corrected chi connectivity index (χ3v) is 6.11. The number of urea groups is 1. The highest BCUT2D eigenvalue weighted by molar-refractivity contribution is 6.08. The van der Waals surface area contributed by atoms with E-state index in [1.165, 1.54) is 24.8 Å². The molecule has 7 nitrogen and oxygen atoms in total. The molecule has 7 heteroatoms. The molecule has 2 amide bonds. The lowest BCUT2D eigenvalue weighted by molar-refractivity contribution is 0.139. The van der Waals surface area contributed by atoms with Crippen LogP contribution in [0.2, 0.25) is 0 Å². The summed E-state index contributed by atoms with van der Waals surface area (Å²) in [5.41, 5.74) is 1.21. The predicted molar refractivity (Wildman–Crippen MR) is 104 cm³/mol. The normalized spacial score (nSPS) is 29.7. The first kappa shape index (κ1) is 16.7. The van der Waals surface area contributed by atoms with Gasteiger partial charge in [0.05, 0.1) is 12.6 Å². The molecule has 4 heterocycles. The molecule has 5 rings (SSSR count). The number of nitrogens with zero attached hydrogens (tertiary/aromatic N) is 5. The van der Waals surface area contributed by atoms with Crippen LogP contribution in [0.15, 0.2) is 34.5 Å². The molecular weight excluding hydrogens is 340 g/mol. The van der Waals surface area contributed by atoms with Gasteiger partial charge in [0.25, 0.3) is 0 Å². The van der Waals surface area contributed by atoms with Gasteiger partial charge in [0.2, 0.25) is 0 Å². The Morgan fingerprint density at radius 2 is 2.04 bits per heavy atom. The van der Waals surface area contributed by atoms with Gasteiger partial charge in [0.1, 0.15) is 17.7 Å². The number of amides is 2. The van der Waals surface area contributed by atoms with E-state index >= 15 is 0 Å². The Morgan fingerprint density at radius 1 is 1.22 bits per heavy atom. The molecule has 0 radical (unpaired) electrons. The van der Waals surface area contributed by atoms with Crippen LogP contribution < -0.4 is 5.32 Å². The Morgan fingerprint density at radius 3 is 2.74 bits per heavy atom. The van der Waals surface area contributed by atoms with Crippen molar-refractivity contribution < 1.29 is 4.79 Å². The lowest BCUT2D eigenvalue weighted by atomic mass is 9.84. The first-order chi connectivity index (χ1) is 13.2. The van der Waals surface area contributed by atoms with Gasteiger partial charge in [-0.25, -0.2) is 9.79 Å². The largest absolute Gasteiger partial charge is 0.360 e. The van der Waals surface area contributed by atoms with E-state index in [4.69, 9.17) is 9.98 Å². The van der Waals surface area contributed by atoms with Crippen molar-refractivity contribution in [1.29, 1.82) is 0 Å². The maximum Gasteiger partial charge on any atom is 0.327 e. The minimum absolute atomic E-state index is 0.00675. The van der Waals surface area contributed by atoms with Gasteiger partial charge in [-0.15, -0.1) is 0 Å². The summed E-state index contributed by atoms with van der Waals surface area (Å²) in [5, 5.41) is 3.63. The van der Waals surface area contributed by atoms with Crippen molar-refractivity contribution in [3.63, 3.8) is 0 Å². The summed E-state index contributed by atoms with van der Waals surface area (Å²) in [5.74, 6) is 2.51. The number of nitrogens with one attached hydrogen (secondary N) is 1. The van der Waals surface area contributed by atoms with E-state index in [9.17, 15) is 4.79 Å². The summed E-state index contributed by atoms with van der Waals surface area (Å²) >= 11 is 0. The van der Waals surface area contributed by atoms with Crippen LogP contribution in [0.5, 0.6) is 0 Å². The minimum atomic E-state index is -0.136. The van der Waals surface area contributed by atoms with Gasteiger partial charge in [-0.2, -0.15) is 0 Å². The molecule has 1 aliphatic carbocycles. The molecule has 0 spiro atoms. The van der Waals surface area contributed by atoms with Gasteiger partial charge in [-0.3, -0.25) is 19.8 Å². The summed E-state index contributed by atoms with van der Waals surface area (Å²) in [7, 11) is 0. The third kappa shape index (κ3) is 2.80. The summed E-state index contributed by atoms with van der Waals surface area (Å²) < 4.78 is 0. The van der Waals surface area contributed by atoms with E-state index in [0.29, 0.717) is 12.5 Å². The highest BCUT2D eigenvalue weighted by atomic mass is 16.2. The SMILES string of the molecule is CCCN1C(=O)N2CC(Cc3ccncc3)N=C2C2NC(C3CCC3)=NC21. The zero-order chi connectivity index (χ0) is 18.4. The van der Waals surface area contributed by atoms with E-state index < -0.39 is 0 Å². The highest BCUT2D eigenvalue weighted by Gasteiger charge is 2.51. The molecule has 4 aliphatic rings. The Kier molecular flexibility index (Phi) is 4.10. The second kappa shape index (κ2) is 6.62. The average molecular weight is 366 g/mol. The number of amidine groups is 2. The molecule has 27 heavy (non-hydrogen) atoms. The highest BCUT2D eigenvalue weighted by Crippen LogP contribution is 2.34. The molecule has 1 saturated heterocycles. The van der Waals surface area contributed by atoms with Gasteiger partial charge >= 0.3 is 6.03 Å². The van der Waals surface area contributed by atoms with Crippen LogP contribution in [0.25, 0.3) is 0 Å². The molecule has 1 N–H and O–H groups in total. The Hall–Kier alpha value is -2.44. The van der Waals surface area contributed by atoms with Crippen LogP contribution in [0.1, 0.15) is 38.2 Å². The number of aromatic nitrogens is 1. The fourth-order valence-corrected chi connectivity index (χ4v) is 4.50. The molecule has 2 fully saturated rings. The van der Waals surface area contributed by atoms with Crippen molar-refractivity contribution in [2.75, 3.05) is 13.1 Å². The smallest absolute Gasteiger partial charge is 0.327 e. The Balaban J connectivity index is 1.41. The number of rotatable bonds is 5. The van der Waals surface area contributed by atoms with Gasteiger partial charge in [0, 0.05) is 24.9 Å². The third-order valence-electron chi connectivity index (χ3n) is 6.11. The summed E-state index contributed by atoms with van der Waals surface area (Å²) in [6.45, 7) is 3.50. The molecule has 3 unspecified atom stereocenters. The topological polar surface area (TPSA) is 73.2 Å². The minimum Gasteiger partial charge on any atom is -0.360 e. The van der Waals surface area contributed by atoms with Gasteiger partial charge in [0.15, 0.2) is 6.17 Å². The summed E-state index contributed by atoms with van der Waals surface area (Å²) in [6, 6.07) is 4.22. The van der Waals surface area contributed by atoms with Crippen LogP contribution in [-0.2, 0) is 6.42 Å². The standard InChI is InChI=1S/C20H26N6O/c1-2-10-25-19-16(23-17(24-19)14-4-3-5-14)18-22-15(12-26(18)20(25)27)11-13-6-8-21-9-7-13/h6-9,14-16,19H,2-5,10-12H2,1H3,(H,23,24). The van der Waals surface area contributed by atoms with Crippen LogP contribution in [0.4, 0.5) is 4.79 Å². The fraction of sp³-hybridized carbons (Fsp3) is 0.600. The van der Waals surface area contributed by atoms with Crippen molar-refractivity contribution in [1.82, 2.24) is 20.1 Å². The van der Waals surface area contributed by atoms with Crippen molar-refractivity contribution in [3.05, 3.63) is 30.1 Å². The number of fused-ring (bicyclic) bond motifs is 3. The predicted octanol–water partition coefficient (Wildman–Crippen LogP) is 2.05. The number of aliphatic imine (C=N–C) groups is 2. The molecule has 3 aliphatic heterocycles. The Bertz CT molecular complexity index is 787. The number of carbonyl (C=O) groups is 1. The molecule has 1 aromatic heterocycles. The van der Waals surface area contributed by atoms with Gasteiger partial charge in [-0.05, 0) is 43.4 Å². The number of carbonyl (C=O) groups excluding carboxylic acids is 1. The van der Waals surface area contributed by atoms with Crippen LogP contribution >= 0.6 is 0 Å². The quantitative estimate of drug-likeness (QED) is 0.867. The zero-order valence-corrected chi connectivity index (χ0v) is 15.7. The zero-order valence-electron chi connectivity index (χ0n) is 15.7. The van der Waals surface area contributed by atoms with Crippen LogP contribution in [-0.4, -0.2) is 63.8 Å². The van der Waals surface area contributed by atoms with Crippen molar-refractivity contribution in [3.8, 4) is 0 Å². The number of hydrogen-bond acceptors (Lipinski definition) is 5. The van der Waals surface area contributed by atoms with Crippen LogP contribution in [0.3, 0.4) is 0 Å². The van der Waals surface area contributed by atoms with E-state index in [0.717, 1.165) is 31.1 Å². The number of hydrogen-bond donors (Lipinski definition) is 1. The second-order valence-electron chi connectivity index (χ2n) is 7.97. The summed E-state index contributed by atoms with van der Waals surface area (Å²) in [6.07, 6.45) is 8.93. The van der Waals surface area contributed by atoms with Crippen molar-refractivity contribution in [2.45, 2.75) is 57.3 Å². The van der Waals surface area contributed by atoms with Crippen LogP contribution in [0, 0.1) is 5.92 Å². The summed E-state index contributed by atoms with van der Waals surface area (Å²) in [4.78, 5) is 31.0. The molecule has 3 atom stereocenters. The first-order valence-electron chi connectivity index (χ1n) is 10.1. The van der Waals surface area contributed by atoms with E-state index in [-0.39, 0.29) is 24.3 Å². The van der Waals surface area contributed by atoms with Crippen molar-refractivity contribution in [2.24, 2.45) is 15.9 Å². The monoisotopic (exact) mass is 366 g/mol. The molecule has 142 valence electrons. The first-order valence-corrected chi connectivity index (χ1v) is 10.1. The lowest BCUT2D eigenvalue weighted by Gasteiger charge is -2.40. The molecule has 0 aromatic carbocycles. The molecule has 0 bridgehead atoms. The molecular formula is C20H26N6O. The fourth-order valence-electron chi connectivity index (χ4n) is 4.50. The van der Waals surface area contributed by atoms with Crippen molar-refractivity contribution >= 4 is 17.7 Å². The Labute approximate surface area is 159 Å². The second-order valence-corrected chi connectivity index (χ2v) is 7.97. The maximum absolute atomic E-state index is 13.2. The van der Waals surface area contributed by atoms with E-state index in [1.807, 2.05) is 34.3 Å².